The minimum atomic E-state index is -0.477. The molecule has 9 heteroatoms. The van der Waals surface area contributed by atoms with Gasteiger partial charge in [0.1, 0.15) is 11.4 Å². The molecule has 0 saturated heterocycles. The van der Waals surface area contributed by atoms with Crippen LogP contribution in [-0.2, 0) is 9.59 Å². The van der Waals surface area contributed by atoms with E-state index in [9.17, 15) is 14.4 Å². The van der Waals surface area contributed by atoms with E-state index < -0.39 is 17.1 Å². The number of ether oxygens (including phenoxy) is 1. The van der Waals surface area contributed by atoms with Crippen LogP contribution in [0.25, 0.3) is 6.08 Å². The zero-order valence-corrected chi connectivity index (χ0v) is 28.1. The summed E-state index contributed by atoms with van der Waals surface area (Å²) in [5.41, 5.74) is 4.37. The summed E-state index contributed by atoms with van der Waals surface area (Å²) in [6.07, 6.45) is 2.22. The standard InChI is InChI=1S/C37H38ClN3O4S/c1-6-34(37(44)40-31-19-24(4)30(38)22-33(31)45-5)46-29-14-10-13-28(21-29)39-36(43)32(41-35(42)27-11-8-7-9-12-27)20-25-15-17-26(18-16-25)23(2)3/h7-23,34H,6H2,1-5H3,(H,39,43)(H,40,44)(H,41,42)/b32-20+. The van der Waals surface area contributed by atoms with Gasteiger partial charge in [-0.2, -0.15) is 0 Å². The van der Waals surface area contributed by atoms with E-state index in [1.165, 1.54) is 24.4 Å². The van der Waals surface area contributed by atoms with E-state index in [1.54, 1.807) is 54.6 Å². The second-order valence-corrected chi connectivity index (χ2v) is 12.7. The van der Waals surface area contributed by atoms with Crippen molar-refractivity contribution < 1.29 is 19.1 Å². The van der Waals surface area contributed by atoms with Crippen molar-refractivity contribution in [1.29, 1.82) is 0 Å². The van der Waals surface area contributed by atoms with Crippen LogP contribution in [0, 0.1) is 6.92 Å². The highest BCUT2D eigenvalue weighted by Crippen LogP contribution is 2.33. The van der Waals surface area contributed by atoms with Gasteiger partial charge in [-0.05, 0) is 78.4 Å². The first kappa shape index (κ1) is 34.3. The van der Waals surface area contributed by atoms with Crippen LogP contribution in [0.4, 0.5) is 11.4 Å². The SMILES string of the molecule is CCC(Sc1cccc(NC(=O)/C(=C\c2ccc(C(C)C)cc2)NC(=O)c2ccccc2)c1)C(=O)Nc1cc(C)c(Cl)cc1OC. The molecule has 4 aromatic carbocycles. The van der Waals surface area contributed by atoms with Crippen molar-refractivity contribution >= 4 is 58.5 Å². The molecule has 238 valence electrons. The molecule has 0 heterocycles. The van der Waals surface area contributed by atoms with Crippen molar-refractivity contribution in [3.63, 3.8) is 0 Å². The van der Waals surface area contributed by atoms with E-state index in [-0.39, 0.29) is 11.6 Å². The summed E-state index contributed by atoms with van der Waals surface area (Å²) in [5.74, 6) is -0.206. The number of halogens is 1. The van der Waals surface area contributed by atoms with Crippen molar-refractivity contribution in [2.24, 2.45) is 0 Å². The van der Waals surface area contributed by atoms with Gasteiger partial charge in [0.2, 0.25) is 5.91 Å². The van der Waals surface area contributed by atoms with Crippen molar-refractivity contribution in [2.75, 3.05) is 17.7 Å². The average Bonchev–Trinajstić information content (AvgIpc) is 3.05. The van der Waals surface area contributed by atoms with Crippen LogP contribution in [0.3, 0.4) is 0 Å². The summed E-state index contributed by atoms with van der Waals surface area (Å²) < 4.78 is 5.41. The molecule has 4 rings (SSSR count). The third-order valence-corrected chi connectivity index (χ3v) is 8.98. The van der Waals surface area contributed by atoms with Crippen LogP contribution in [-0.4, -0.2) is 30.1 Å². The Bertz CT molecular complexity index is 1720. The lowest BCUT2D eigenvalue weighted by Crippen LogP contribution is -2.30. The highest BCUT2D eigenvalue weighted by Gasteiger charge is 2.21. The highest BCUT2D eigenvalue weighted by atomic mass is 35.5. The first-order valence-electron chi connectivity index (χ1n) is 15.0. The Kier molecular flexibility index (Phi) is 12.1. The van der Waals surface area contributed by atoms with Crippen LogP contribution in [0.5, 0.6) is 5.75 Å². The summed E-state index contributed by atoms with van der Waals surface area (Å²) in [7, 11) is 1.53. The first-order chi connectivity index (χ1) is 22.1. The molecule has 7 nitrogen and oxygen atoms in total. The monoisotopic (exact) mass is 655 g/mol. The molecule has 1 atom stereocenters. The molecule has 46 heavy (non-hydrogen) atoms. The molecule has 4 aromatic rings. The van der Waals surface area contributed by atoms with Gasteiger partial charge >= 0.3 is 0 Å². The molecule has 3 amide bonds. The molecule has 0 aliphatic rings. The van der Waals surface area contributed by atoms with Gasteiger partial charge in [-0.3, -0.25) is 14.4 Å². The number of anilines is 2. The molecular weight excluding hydrogens is 618 g/mol. The zero-order chi connectivity index (χ0) is 33.2. The molecule has 0 spiro atoms. The number of carbonyl (C=O) groups excluding carboxylic acids is 3. The van der Waals surface area contributed by atoms with E-state index in [1.807, 2.05) is 56.3 Å². The van der Waals surface area contributed by atoms with Gasteiger partial charge in [-0.15, -0.1) is 11.8 Å². The number of rotatable bonds is 12. The number of methoxy groups -OCH3 is 1. The largest absolute Gasteiger partial charge is 0.495 e. The van der Waals surface area contributed by atoms with Gasteiger partial charge in [0.25, 0.3) is 11.8 Å². The van der Waals surface area contributed by atoms with Gasteiger partial charge in [-0.1, -0.05) is 80.9 Å². The molecule has 1 unspecified atom stereocenters. The van der Waals surface area contributed by atoms with Crippen LogP contribution in [0.2, 0.25) is 5.02 Å². The fraction of sp³-hybridized carbons (Fsp3) is 0.216. The molecule has 0 radical (unpaired) electrons. The summed E-state index contributed by atoms with van der Waals surface area (Å²) in [5, 5.41) is 8.80. The molecule has 0 aliphatic heterocycles. The predicted octanol–water partition coefficient (Wildman–Crippen LogP) is 8.70. The Morgan fingerprint density at radius 1 is 0.913 bits per heavy atom. The summed E-state index contributed by atoms with van der Waals surface area (Å²) in [4.78, 5) is 40.7. The van der Waals surface area contributed by atoms with Gasteiger partial charge in [0, 0.05) is 27.2 Å². The summed E-state index contributed by atoms with van der Waals surface area (Å²) >= 11 is 7.61. The van der Waals surface area contributed by atoms with Crippen LogP contribution in [0.1, 0.15) is 60.2 Å². The summed E-state index contributed by atoms with van der Waals surface area (Å²) in [6, 6.07) is 27.3. The number of aryl methyl sites for hydroxylation is 1. The minimum absolute atomic E-state index is 0.0993. The van der Waals surface area contributed by atoms with Crippen molar-refractivity contribution in [1.82, 2.24) is 5.32 Å². The zero-order valence-electron chi connectivity index (χ0n) is 26.5. The predicted molar refractivity (Wildman–Crippen MR) is 189 cm³/mol. The Morgan fingerprint density at radius 3 is 2.28 bits per heavy atom. The Balaban J connectivity index is 1.52. The van der Waals surface area contributed by atoms with Crippen molar-refractivity contribution in [2.45, 2.75) is 50.2 Å². The van der Waals surface area contributed by atoms with Crippen LogP contribution < -0.4 is 20.7 Å². The van der Waals surface area contributed by atoms with E-state index >= 15 is 0 Å². The maximum absolute atomic E-state index is 13.6. The lowest BCUT2D eigenvalue weighted by Gasteiger charge is -2.18. The quantitative estimate of drug-likeness (QED) is 0.105. The van der Waals surface area contributed by atoms with E-state index in [4.69, 9.17) is 16.3 Å². The number of benzene rings is 4. The third kappa shape index (κ3) is 9.25. The minimum Gasteiger partial charge on any atom is -0.495 e. The maximum Gasteiger partial charge on any atom is 0.272 e. The molecule has 0 bridgehead atoms. The maximum atomic E-state index is 13.6. The van der Waals surface area contributed by atoms with Gasteiger partial charge in [0.05, 0.1) is 18.0 Å². The average molecular weight is 656 g/mol. The van der Waals surface area contributed by atoms with E-state index in [0.29, 0.717) is 40.0 Å². The number of hydrogen-bond acceptors (Lipinski definition) is 5. The first-order valence-corrected chi connectivity index (χ1v) is 16.2. The molecule has 0 fully saturated rings. The topological polar surface area (TPSA) is 96.5 Å². The molecule has 0 aromatic heterocycles. The smallest absolute Gasteiger partial charge is 0.272 e. The van der Waals surface area contributed by atoms with Gasteiger partial charge in [0.15, 0.2) is 0 Å². The number of amides is 3. The molecular formula is C37H38ClN3O4S. The number of thioether (sulfide) groups is 1. The van der Waals surface area contributed by atoms with Crippen LogP contribution >= 0.6 is 23.4 Å². The van der Waals surface area contributed by atoms with Crippen molar-refractivity contribution in [3.8, 4) is 5.75 Å². The Morgan fingerprint density at radius 2 is 1.63 bits per heavy atom. The van der Waals surface area contributed by atoms with Gasteiger partial charge < -0.3 is 20.7 Å². The molecule has 3 N–H and O–H groups in total. The van der Waals surface area contributed by atoms with Gasteiger partial charge in [-0.25, -0.2) is 0 Å². The lowest BCUT2D eigenvalue weighted by atomic mass is 10.0. The third-order valence-electron chi connectivity index (χ3n) is 7.22. The fourth-order valence-corrected chi connectivity index (χ4v) is 5.73. The van der Waals surface area contributed by atoms with Crippen molar-refractivity contribution in [3.05, 3.63) is 124 Å². The Labute approximate surface area is 279 Å². The second-order valence-electron chi connectivity index (χ2n) is 11.0. The number of carbonyl (C=O) groups is 3. The van der Waals surface area contributed by atoms with E-state index in [0.717, 1.165) is 16.0 Å². The summed E-state index contributed by atoms with van der Waals surface area (Å²) in [6.45, 7) is 8.03. The molecule has 0 saturated carbocycles. The number of nitrogens with one attached hydrogen (secondary N) is 3. The Hall–Kier alpha value is -4.53. The molecule has 0 aliphatic carbocycles. The fourth-order valence-electron chi connectivity index (χ4n) is 4.56. The second kappa shape index (κ2) is 16.2. The van der Waals surface area contributed by atoms with E-state index in [2.05, 4.69) is 29.8 Å². The van der Waals surface area contributed by atoms with Crippen LogP contribution in [0.15, 0.2) is 102 Å². The lowest BCUT2D eigenvalue weighted by molar-refractivity contribution is -0.116. The number of hydrogen-bond donors (Lipinski definition) is 3. The normalized spacial score (nSPS) is 11.9. The highest BCUT2D eigenvalue weighted by molar-refractivity contribution is 8.00.